The van der Waals surface area contributed by atoms with Crippen LogP contribution in [0.5, 0.6) is 0 Å². The number of aromatic nitrogens is 2. The smallest absolute Gasteiger partial charge is 0.191 e. The summed E-state index contributed by atoms with van der Waals surface area (Å²) >= 11 is 2.04. The average molecular weight is 503 g/mol. The quantitative estimate of drug-likeness (QED) is 0.359. The third kappa shape index (κ3) is 6.38. The number of hydrogen-bond donors (Lipinski definition) is 2. The molecule has 1 aliphatic rings. The zero-order valence-electron chi connectivity index (χ0n) is 15.7. The van der Waals surface area contributed by atoms with E-state index >= 15 is 0 Å². The molecule has 1 atom stereocenters. The number of hydrogen-bond acceptors (Lipinski definition) is 3. The van der Waals surface area contributed by atoms with Crippen molar-refractivity contribution in [1.29, 1.82) is 0 Å². The monoisotopic (exact) mass is 503 g/mol. The van der Waals surface area contributed by atoms with Crippen LogP contribution in [0.4, 0.5) is 4.39 Å². The Morgan fingerprint density at radius 1 is 1.30 bits per heavy atom. The molecule has 2 heterocycles. The van der Waals surface area contributed by atoms with Gasteiger partial charge in [-0.15, -0.1) is 24.0 Å². The number of guanidine groups is 1. The maximum absolute atomic E-state index is 13.0. The zero-order valence-corrected chi connectivity index (χ0v) is 18.9. The standard InChI is InChI=1S/C19H26FN5S.HI/c1-19(10-3-13-26-19)14-23-18(21-2)22-11-8-16-9-12-25(24-16)17-6-4-15(20)5-7-17;/h4-7,9,12H,3,8,10-11,13-14H2,1-2H3,(H2,21,22,23);1H. The van der Waals surface area contributed by atoms with E-state index in [1.54, 1.807) is 23.9 Å². The normalized spacial score (nSPS) is 19.6. The minimum atomic E-state index is -0.242. The summed E-state index contributed by atoms with van der Waals surface area (Å²) in [5.74, 6) is 1.84. The van der Waals surface area contributed by atoms with Crippen molar-refractivity contribution in [3.63, 3.8) is 0 Å². The van der Waals surface area contributed by atoms with Crippen molar-refractivity contribution in [2.24, 2.45) is 4.99 Å². The number of thioether (sulfide) groups is 1. The molecule has 5 nitrogen and oxygen atoms in total. The van der Waals surface area contributed by atoms with Gasteiger partial charge in [-0.05, 0) is 55.9 Å². The number of halogens is 2. The van der Waals surface area contributed by atoms with Gasteiger partial charge in [-0.25, -0.2) is 9.07 Å². The van der Waals surface area contributed by atoms with E-state index in [-0.39, 0.29) is 29.8 Å². The van der Waals surface area contributed by atoms with Crippen LogP contribution in [0.2, 0.25) is 0 Å². The number of aliphatic imine (C=N–C) groups is 1. The van der Waals surface area contributed by atoms with Crippen LogP contribution in [0.15, 0.2) is 41.5 Å². The zero-order chi connectivity index (χ0) is 18.4. The Hall–Kier alpha value is -1.29. The molecule has 0 aliphatic carbocycles. The highest BCUT2D eigenvalue weighted by molar-refractivity contribution is 14.0. The van der Waals surface area contributed by atoms with Crippen molar-refractivity contribution in [2.45, 2.75) is 30.9 Å². The lowest BCUT2D eigenvalue weighted by Gasteiger charge is -2.24. The molecule has 0 saturated carbocycles. The van der Waals surface area contributed by atoms with Gasteiger partial charge in [-0.2, -0.15) is 16.9 Å². The van der Waals surface area contributed by atoms with E-state index in [1.165, 1.54) is 30.7 Å². The minimum absolute atomic E-state index is 0. The van der Waals surface area contributed by atoms with Crippen molar-refractivity contribution in [2.75, 3.05) is 25.9 Å². The molecule has 0 radical (unpaired) electrons. The van der Waals surface area contributed by atoms with Crippen molar-refractivity contribution >= 4 is 41.7 Å². The fourth-order valence-electron chi connectivity index (χ4n) is 3.01. The fraction of sp³-hybridized carbons (Fsp3) is 0.474. The highest BCUT2D eigenvalue weighted by Gasteiger charge is 2.29. The van der Waals surface area contributed by atoms with Crippen LogP contribution in [0.25, 0.3) is 5.69 Å². The van der Waals surface area contributed by atoms with Crippen molar-refractivity contribution in [1.82, 2.24) is 20.4 Å². The summed E-state index contributed by atoms with van der Waals surface area (Å²) in [4.78, 5) is 4.30. The van der Waals surface area contributed by atoms with Crippen LogP contribution < -0.4 is 10.6 Å². The van der Waals surface area contributed by atoms with Crippen LogP contribution in [0, 0.1) is 5.82 Å². The molecule has 0 spiro atoms. The van der Waals surface area contributed by atoms with Crippen LogP contribution in [-0.2, 0) is 6.42 Å². The molecule has 1 aromatic heterocycles. The summed E-state index contributed by atoms with van der Waals surface area (Å²) in [6, 6.07) is 8.31. The van der Waals surface area contributed by atoms with E-state index in [9.17, 15) is 4.39 Å². The number of benzene rings is 1. The SMILES string of the molecule is CN=C(NCCc1ccn(-c2ccc(F)cc2)n1)NCC1(C)CCCS1.I. The molecule has 2 aromatic rings. The molecule has 0 bridgehead atoms. The Kier molecular flexibility index (Phi) is 8.40. The molecule has 1 aliphatic heterocycles. The fourth-order valence-corrected chi connectivity index (χ4v) is 4.25. The molecule has 0 amide bonds. The largest absolute Gasteiger partial charge is 0.356 e. The first kappa shape index (κ1) is 22.0. The van der Waals surface area contributed by atoms with Gasteiger partial charge in [-0.1, -0.05) is 0 Å². The number of nitrogens with zero attached hydrogens (tertiary/aromatic N) is 3. The maximum Gasteiger partial charge on any atom is 0.191 e. The van der Waals surface area contributed by atoms with Gasteiger partial charge in [0.05, 0.1) is 11.4 Å². The van der Waals surface area contributed by atoms with Crippen molar-refractivity contribution < 1.29 is 4.39 Å². The first-order valence-corrected chi connectivity index (χ1v) is 9.95. The van der Waals surface area contributed by atoms with E-state index in [0.717, 1.165) is 36.9 Å². The predicted molar refractivity (Wildman–Crippen MR) is 122 cm³/mol. The topological polar surface area (TPSA) is 54.2 Å². The molecular weight excluding hydrogens is 476 g/mol. The van der Waals surface area contributed by atoms with E-state index in [2.05, 4.69) is 27.6 Å². The van der Waals surface area contributed by atoms with Crippen molar-refractivity contribution in [3.05, 3.63) is 48.0 Å². The third-order valence-corrected chi connectivity index (χ3v) is 6.10. The number of nitrogens with one attached hydrogen (secondary N) is 2. The Labute approximate surface area is 181 Å². The van der Waals surface area contributed by atoms with Crippen LogP contribution >= 0.6 is 35.7 Å². The summed E-state index contributed by atoms with van der Waals surface area (Å²) in [5.41, 5.74) is 1.83. The summed E-state index contributed by atoms with van der Waals surface area (Å²) in [7, 11) is 1.79. The van der Waals surface area contributed by atoms with Gasteiger partial charge in [0.25, 0.3) is 0 Å². The lowest BCUT2D eigenvalue weighted by molar-refractivity contribution is 0.584. The molecule has 1 fully saturated rings. The Balaban J connectivity index is 0.00000261. The summed E-state index contributed by atoms with van der Waals surface area (Å²) in [5, 5.41) is 11.3. The molecule has 148 valence electrons. The summed E-state index contributed by atoms with van der Waals surface area (Å²) in [6.45, 7) is 3.99. The Bertz CT molecular complexity index is 741. The molecule has 1 unspecified atom stereocenters. The highest BCUT2D eigenvalue weighted by Crippen LogP contribution is 2.36. The Morgan fingerprint density at radius 2 is 2.07 bits per heavy atom. The second kappa shape index (κ2) is 10.3. The van der Waals surface area contributed by atoms with E-state index in [0.29, 0.717) is 4.75 Å². The Morgan fingerprint density at radius 3 is 2.74 bits per heavy atom. The lowest BCUT2D eigenvalue weighted by atomic mass is 10.1. The van der Waals surface area contributed by atoms with E-state index in [4.69, 9.17) is 0 Å². The molecule has 27 heavy (non-hydrogen) atoms. The molecular formula is C19H27FIN5S. The lowest BCUT2D eigenvalue weighted by Crippen LogP contribution is -2.44. The minimum Gasteiger partial charge on any atom is -0.356 e. The second-order valence-electron chi connectivity index (χ2n) is 6.73. The predicted octanol–water partition coefficient (Wildman–Crippen LogP) is 3.62. The van der Waals surface area contributed by atoms with Crippen LogP contribution in [-0.4, -0.2) is 46.4 Å². The van der Waals surface area contributed by atoms with Gasteiger partial charge in [0.15, 0.2) is 5.96 Å². The van der Waals surface area contributed by atoms with E-state index < -0.39 is 0 Å². The molecule has 2 N–H and O–H groups in total. The summed E-state index contributed by atoms with van der Waals surface area (Å²) in [6.07, 6.45) is 5.24. The van der Waals surface area contributed by atoms with Gasteiger partial charge >= 0.3 is 0 Å². The maximum atomic E-state index is 13.0. The van der Waals surface area contributed by atoms with Crippen LogP contribution in [0.3, 0.4) is 0 Å². The molecule has 3 rings (SSSR count). The first-order valence-electron chi connectivity index (χ1n) is 8.97. The van der Waals surface area contributed by atoms with Gasteiger partial charge < -0.3 is 10.6 Å². The molecule has 8 heteroatoms. The highest BCUT2D eigenvalue weighted by atomic mass is 127. The third-order valence-electron chi connectivity index (χ3n) is 4.56. The van der Waals surface area contributed by atoms with Gasteiger partial charge in [0.1, 0.15) is 5.82 Å². The number of rotatable bonds is 6. The average Bonchev–Trinajstić information content (AvgIpc) is 3.28. The van der Waals surface area contributed by atoms with Crippen molar-refractivity contribution in [3.8, 4) is 5.69 Å². The molecule has 1 aromatic carbocycles. The van der Waals surface area contributed by atoms with Gasteiger partial charge in [0.2, 0.25) is 0 Å². The second-order valence-corrected chi connectivity index (χ2v) is 8.42. The van der Waals surface area contributed by atoms with E-state index in [1.807, 2.05) is 24.0 Å². The first-order chi connectivity index (χ1) is 12.6. The van der Waals surface area contributed by atoms with Gasteiger partial charge in [-0.3, -0.25) is 4.99 Å². The summed E-state index contributed by atoms with van der Waals surface area (Å²) < 4.78 is 15.1. The van der Waals surface area contributed by atoms with Crippen LogP contribution in [0.1, 0.15) is 25.5 Å². The van der Waals surface area contributed by atoms with Gasteiger partial charge in [0, 0.05) is 37.5 Å². The molecule has 1 saturated heterocycles.